The van der Waals surface area contributed by atoms with Crippen molar-refractivity contribution in [1.29, 1.82) is 0 Å². The molecule has 0 aliphatic heterocycles. The molecule has 1 aromatic heterocycles. The predicted octanol–water partition coefficient (Wildman–Crippen LogP) is 3.32. The standard InChI is InChI=1S/C15H18FNO2/c1-11(17-8-7-12-4-3-9-19-12)14-6-5-13(18-2)10-15(14)16/h3-6,9-11,17H,7-8H2,1-2H3. The maximum absolute atomic E-state index is 13.8. The minimum absolute atomic E-state index is 0.0548. The van der Waals surface area contributed by atoms with Crippen LogP contribution >= 0.6 is 0 Å². The van der Waals surface area contributed by atoms with Gasteiger partial charge in [-0.1, -0.05) is 6.07 Å². The van der Waals surface area contributed by atoms with E-state index in [0.29, 0.717) is 11.3 Å². The molecule has 0 fully saturated rings. The summed E-state index contributed by atoms with van der Waals surface area (Å²) in [6.07, 6.45) is 2.44. The van der Waals surface area contributed by atoms with Crippen LogP contribution in [0.2, 0.25) is 0 Å². The first-order valence-electron chi connectivity index (χ1n) is 6.30. The van der Waals surface area contributed by atoms with E-state index in [2.05, 4.69) is 5.32 Å². The molecule has 4 heteroatoms. The van der Waals surface area contributed by atoms with E-state index >= 15 is 0 Å². The Kier molecular flexibility index (Phi) is 4.58. The second-order valence-electron chi connectivity index (χ2n) is 4.39. The fraction of sp³-hybridized carbons (Fsp3) is 0.333. The monoisotopic (exact) mass is 263 g/mol. The van der Waals surface area contributed by atoms with E-state index in [1.54, 1.807) is 18.4 Å². The summed E-state index contributed by atoms with van der Waals surface area (Å²) in [4.78, 5) is 0. The van der Waals surface area contributed by atoms with E-state index in [0.717, 1.165) is 18.7 Å². The molecule has 2 aromatic rings. The Morgan fingerprint density at radius 3 is 2.84 bits per heavy atom. The lowest BCUT2D eigenvalue weighted by Gasteiger charge is -2.15. The van der Waals surface area contributed by atoms with Gasteiger partial charge in [-0.05, 0) is 25.1 Å². The molecule has 0 bridgehead atoms. The van der Waals surface area contributed by atoms with Crippen LogP contribution in [0.5, 0.6) is 5.75 Å². The van der Waals surface area contributed by atoms with Crippen LogP contribution in [0.4, 0.5) is 4.39 Å². The molecular weight excluding hydrogens is 245 g/mol. The molecule has 2 rings (SSSR count). The van der Waals surface area contributed by atoms with Gasteiger partial charge >= 0.3 is 0 Å². The van der Waals surface area contributed by atoms with Crippen LogP contribution in [-0.4, -0.2) is 13.7 Å². The molecule has 1 atom stereocenters. The summed E-state index contributed by atoms with van der Waals surface area (Å²) in [6.45, 7) is 2.67. The van der Waals surface area contributed by atoms with Gasteiger partial charge in [0.05, 0.1) is 13.4 Å². The zero-order valence-corrected chi connectivity index (χ0v) is 11.2. The van der Waals surface area contributed by atoms with Crippen LogP contribution in [0.1, 0.15) is 24.3 Å². The smallest absolute Gasteiger partial charge is 0.131 e. The van der Waals surface area contributed by atoms with E-state index < -0.39 is 0 Å². The van der Waals surface area contributed by atoms with E-state index in [-0.39, 0.29) is 11.9 Å². The van der Waals surface area contributed by atoms with Gasteiger partial charge in [0.1, 0.15) is 17.3 Å². The Morgan fingerprint density at radius 1 is 1.37 bits per heavy atom. The molecule has 19 heavy (non-hydrogen) atoms. The van der Waals surface area contributed by atoms with Crippen molar-refractivity contribution in [1.82, 2.24) is 5.32 Å². The molecule has 0 spiro atoms. The van der Waals surface area contributed by atoms with E-state index in [9.17, 15) is 4.39 Å². The average Bonchev–Trinajstić information content (AvgIpc) is 2.91. The van der Waals surface area contributed by atoms with Crippen LogP contribution in [0, 0.1) is 5.82 Å². The SMILES string of the molecule is COc1ccc(C(C)NCCc2ccco2)c(F)c1. The lowest BCUT2D eigenvalue weighted by Crippen LogP contribution is -2.22. The van der Waals surface area contributed by atoms with E-state index in [1.165, 1.54) is 13.2 Å². The van der Waals surface area contributed by atoms with Gasteiger partial charge in [0.2, 0.25) is 0 Å². The van der Waals surface area contributed by atoms with Gasteiger partial charge < -0.3 is 14.5 Å². The Bertz CT molecular complexity index is 511. The molecule has 102 valence electrons. The largest absolute Gasteiger partial charge is 0.497 e. The van der Waals surface area contributed by atoms with Crippen LogP contribution < -0.4 is 10.1 Å². The normalized spacial score (nSPS) is 12.4. The molecule has 0 aliphatic carbocycles. The number of methoxy groups -OCH3 is 1. The minimum atomic E-state index is -0.252. The van der Waals surface area contributed by atoms with Crippen LogP contribution in [-0.2, 0) is 6.42 Å². The molecule has 3 nitrogen and oxygen atoms in total. The number of nitrogens with one attached hydrogen (secondary N) is 1. The highest BCUT2D eigenvalue weighted by atomic mass is 19.1. The third-order valence-electron chi connectivity index (χ3n) is 3.08. The number of halogens is 1. The molecule has 1 aromatic carbocycles. The van der Waals surface area contributed by atoms with Crippen molar-refractivity contribution in [3.05, 3.63) is 53.7 Å². The number of ether oxygens (including phenoxy) is 1. The molecule has 1 heterocycles. The molecule has 0 aliphatic rings. The van der Waals surface area contributed by atoms with Crippen molar-refractivity contribution >= 4 is 0 Å². The zero-order valence-electron chi connectivity index (χ0n) is 11.2. The molecule has 0 amide bonds. The summed E-state index contributed by atoms with van der Waals surface area (Å²) in [5.74, 6) is 1.20. The van der Waals surface area contributed by atoms with Gasteiger partial charge in [-0.2, -0.15) is 0 Å². The van der Waals surface area contributed by atoms with Crippen molar-refractivity contribution in [2.45, 2.75) is 19.4 Å². The maximum atomic E-state index is 13.8. The fourth-order valence-corrected chi connectivity index (χ4v) is 1.96. The molecular formula is C15H18FNO2. The van der Waals surface area contributed by atoms with Crippen molar-refractivity contribution in [3.63, 3.8) is 0 Å². The van der Waals surface area contributed by atoms with Crippen molar-refractivity contribution < 1.29 is 13.5 Å². The van der Waals surface area contributed by atoms with Crippen molar-refractivity contribution in [2.24, 2.45) is 0 Å². The molecule has 0 saturated carbocycles. The van der Waals surface area contributed by atoms with E-state index in [1.807, 2.05) is 19.1 Å². The average molecular weight is 263 g/mol. The summed E-state index contributed by atoms with van der Waals surface area (Å²) in [5, 5.41) is 3.27. The summed E-state index contributed by atoms with van der Waals surface area (Å²) >= 11 is 0. The molecule has 0 radical (unpaired) electrons. The van der Waals surface area contributed by atoms with Gasteiger partial charge in [-0.15, -0.1) is 0 Å². The van der Waals surface area contributed by atoms with Gasteiger partial charge in [-0.3, -0.25) is 0 Å². The third-order valence-corrected chi connectivity index (χ3v) is 3.08. The van der Waals surface area contributed by atoms with Crippen LogP contribution in [0.25, 0.3) is 0 Å². The number of benzene rings is 1. The number of hydrogen-bond acceptors (Lipinski definition) is 3. The van der Waals surface area contributed by atoms with Crippen molar-refractivity contribution in [2.75, 3.05) is 13.7 Å². The topological polar surface area (TPSA) is 34.4 Å². The Balaban J connectivity index is 1.90. The maximum Gasteiger partial charge on any atom is 0.131 e. The zero-order chi connectivity index (χ0) is 13.7. The second kappa shape index (κ2) is 6.38. The first-order valence-corrected chi connectivity index (χ1v) is 6.30. The number of furan rings is 1. The predicted molar refractivity (Wildman–Crippen MR) is 71.8 cm³/mol. The van der Waals surface area contributed by atoms with Crippen molar-refractivity contribution in [3.8, 4) is 5.75 Å². The highest BCUT2D eigenvalue weighted by molar-refractivity contribution is 5.30. The van der Waals surface area contributed by atoms with Crippen LogP contribution in [0.3, 0.4) is 0 Å². The Labute approximate surface area is 112 Å². The summed E-state index contributed by atoms with van der Waals surface area (Å²) in [6, 6.07) is 8.66. The Morgan fingerprint density at radius 2 is 2.21 bits per heavy atom. The number of rotatable bonds is 6. The quantitative estimate of drug-likeness (QED) is 0.868. The lowest BCUT2D eigenvalue weighted by atomic mass is 10.1. The molecule has 1 unspecified atom stereocenters. The molecule has 0 saturated heterocycles. The van der Waals surface area contributed by atoms with Crippen LogP contribution in [0.15, 0.2) is 41.0 Å². The molecule has 1 N–H and O–H groups in total. The van der Waals surface area contributed by atoms with Gasteiger partial charge in [0.25, 0.3) is 0 Å². The van der Waals surface area contributed by atoms with Gasteiger partial charge in [0, 0.05) is 30.6 Å². The highest BCUT2D eigenvalue weighted by Gasteiger charge is 2.11. The Hall–Kier alpha value is -1.81. The summed E-state index contributed by atoms with van der Waals surface area (Å²) < 4.78 is 24.1. The summed E-state index contributed by atoms with van der Waals surface area (Å²) in [5.41, 5.74) is 0.639. The number of hydrogen-bond donors (Lipinski definition) is 1. The lowest BCUT2D eigenvalue weighted by molar-refractivity contribution is 0.409. The van der Waals surface area contributed by atoms with Gasteiger partial charge in [-0.25, -0.2) is 4.39 Å². The first kappa shape index (κ1) is 13.6. The fourth-order valence-electron chi connectivity index (χ4n) is 1.96. The van der Waals surface area contributed by atoms with Gasteiger partial charge in [0.15, 0.2) is 0 Å². The summed E-state index contributed by atoms with van der Waals surface area (Å²) in [7, 11) is 1.53. The second-order valence-corrected chi connectivity index (χ2v) is 4.39. The minimum Gasteiger partial charge on any atom is -0.497 e. The first-order chi connectivity index (χ1) is 9.20. The highest BCUT2D eigenvalue weighted by Crippen LogP contribution is 2.21. The van der Waals surface area contributed by atoms with E-state index in [4.69, 9.17) is 9.15 Å². The third kappa shape index (κ3) is 3.58.